The Morgan fingerprint density at radius 1 is 1.35 bits per heavy atom. The van der Waals surface area contributed by atoms with Crippen molar-refractivity contribution in [2.75, 3.05) is 20.2 Å². The first-order valence-corrected chi connectivity index (χ1v) is 6.83. The molecule has 0 aromatic heterocycles. The molecule has 5 heteroatoms. The van der Waals surface area contributed by atoms with Crippen molar-refractivity contribution in [2.45, 2.75) is 24.7 Å². The Labute approximate surface area is 118 Å². The van der Waals surface area contributed by atoms with Gasteiger partial charge < -0.3 is 15.4 Å². The van der Waals surface area contributed by atoms with Crippen molar-refractivity contribution in [3.8, 4) is 5.75 Å². The molecule has 5 nitrogen and oxygen atoms in total. The maximum Gasteiger partial charge on any atom is 0.230 e. The third-order valence-corrected chi connectivity index (χ3v) is 3.67. The van der Waals surface area contributed by atoms with Crippen molar-refractivity contribution < 1.29 is 14.3 Å². The molecule has 2 amide bonds. The minimum atomic E-state index is -0.426. The Balaban J connectivity index is 1.96. The van der Waals surface area contributed by atoms with E-state index in [0.717, 1.165) is 30.6 Å². The number of rotatable bonds is 8. The topological polar surface area (TPSA) is 67.4 Å². The number of amides is 2. The molecule has 1 aromatic rings. The Kier molecular flexibility index (Phi) is 4.61. The first kappa shape index (κ1) is 14.4. The number of carbonyl (C=O) groups is 2. The molecule has 0 bridgehead atoms. The van der Waals surface area contributed by atoms with E-state index in [9.17, 15) is 9.59 Å². The molecule has 2 N–H and O–H groups in total. The molecule has 0 radical (unpaired) electrons. The Hall–Kier alpha value is -2.04. The molecule has 1 aliphatic carbocycles. The summed E-state index contributed by atoms with van der Waals surface area (Å²) in [5.41, 5.74) is 0.538. The average molecular weight is 276 g/mol. The van der Waals surface area contributed by atoms with Crippen LogP contribution >= 0.6 is 0 Å². The summed E-state index contributed by atoms with van der Waals surface area (Å²) in [7, 11) is 1.62. The number of para-hydroxylation sites is 1. The highest BCUT2D eigenvalue weighted by molar-refractivity contribution is 5.92. The lowest BCUT2D eigenvalue weighted by atomic mass is 9.94. The van der Waals surface area contributed by atoms with Gasteiger partial charge in [0.15, 0.2) is 0 Å². The molecule has 0 unspecified atom stereocenters. The normalized spacial score (nSPS) is 15.2. The largest absolute Gasteiger partial charge is 0.496 e. The monoisotopic (exact) mass is 276 g/mol. The minimum Gasteiger partial charge on any atom is -0.496 e. The van der Waals surface area contributed by atoms with Crippen LogP contribution in [0.2, 0.25) is 0 Å². The first-order valence-electron chi connectivity index (χ1n) is 6.83. The Morgan fingerprint density at radius 2 is 2.10 bits per heavy atom. The summed E-state index contributed by atoms with van der Waals surface area (Å²) in [4.78, 5) is 22.5. The molecule has 0 atom stereocenters. The number of methoxy groups -OCH3 is 1. The van der Waals surface area contributed by atoms with E-state index < -0.39 is 5.41 Å². The lowest BCUT2D eigenvalue weighted by Crippen LogP contribution is -2.36. The van der Waals surface area contributed by atoms with Gasteiger partial charge in [-0.25, -0.2) is 0 Å². The molecular weight excluding hydrogens is 256 g/mol. The smallest absolute Gasteiger partial charge is 0.230 e. The van der Waals surface area contributed by atoms with E-state index in [4.69, 9.17) is 4.74 Å². The summed E-state index contributed by atoms with van der Waals surface area (Å²) in [6, 6.07) is 7.68. The predicted octanol–water partition coefficient (Wildman–Crippen LogP) is 0.979. The van der Waals surface area contributed by atoms with Gasteiger partial charge in [-0.1, -0.05) is 18.2 Å². The summed E-state index contributed by atoms with van der Waals surface area (Å²) in [6.45, 7) is 1.14. The van der Waals surface area contributed by atoms with E-state index in [1.807, 2.05) is 24.3 Å². The molecular formula is C15H20N2O3. The fourth-order valence-electron chi connectivity index (χ4n) is 2.40. The number of ether oxygens (including phenoxy) is 1. The van der Waals surface area contributed by atoms with E-state index in [-0.39, 0.29) is 5.91 Å². The summed E-state index contributed by atoms with van der Waals surface area (Å²) in [5, 5.41) is 5.52. The van der Waals surface area contributed by atoms with Crippen molar-refractivity contribution in [3.05, 3.63) is 29.8 Å². The second kappa shape index (κ2) is 6.41. The van der Waals surface area contributed by atoms with Gasteiger partial charge in [0.2, 0.25) is 12.3 Å². The van der Waals surface area contributed by atoms with Crippen LogP contribution in [0.3, 0.4) is 0 Å². The van der Waals surface area contributed by atoms with Crippen molar-refractivity contribution in [1.82, 2.24) is 10.6 Å². The third-order valence-electron chi connectivity index (χ3n) is 3.67. The van der Waals surface area contributed by atoms with Crippen molar-refractivity contribution in [1.29, 1.82) is 0 Å². The fraction of sp³-hybridized carbons (Fsp3) is 0.467. The molecule has 0 heterocycles. The van der Waals surface area contributed by atoms with Crippen LogP contribution in [-0.2, 0) is 15.0 Å². The Morgan fingerprint density at radius 3 is 2.75 bits per heavy atom. The van der Waals surface area contributed by atoms with Crippen molar-refractivity contribution in [3.63, 3.8) is 0 Å². The Bertz CT molecular complexity index is 484. The highest BCUT2D eigenvalue weighted by Gasteiger charge is 2.52. The number of benzene rings is 1. The van der Waals surface area contributed by atoms with E-state index in [1.165, 1.54) is 0 Å². The van der Waals surface area contributed by atoms with Gasteiger partial charge in [-0.3, -0.25) is 9.59 Å². The van der Waals surface area contributed by atoms with Crippen LogP contribution in [-0.4, -0.2) is 32.5 Å². The van der Waals surface area contributed by atoms with Crippen LogP contribution in [0.5, 0.6) is 5.75 Å². The zero-order valence-corrected chi connectivity index (χ0v) is 11.6. The van der Waals surface area contributed by atoms with Gasteiger partial charge in [0.1, 0.15) is 5.75 Å². The first-order chi connectivity index (χ1) is 9.74. The number of carbonyl (C=O) groups excluding carboxylic acids is 2. The van der Waals surface area contributed by atoms with Crippen molar-refractivity contribution in [2.24, 2.45) is 0 Å². The molecule has 1 saturated carbocycles. The standard InChI is InChI=1S/C15H20N2O3/c1-20-13-6-3-2-5-12(13)15(7-8-15)14(19)17-10-4-9-16-11-18/h2-3,5-6,11H,4,7-10H2,1H3,(H,16,18)(H,17,19). The lowest BCUT2D eigenvalue weighted by molar-refractivity contribution is -0.123. The molecule has 108 valence electrons. The summed E-state index contributed by atoms with van der Waals surface area (Å²) in [6.07, 6.45) is 3.10. The van der Waals surface area contributed by atoms with E-state index in [0.29, 0.717) is 19.5 Å². The van der Waals surface area contributed by atoms with Crippen LogP contribution in [0.4, 0.5) is 0 Å². The number of hydrogen-bond donors (Lipinski definition) is 2. The quantitative estimate of drug-likeness (QED) is 0.549. The summed E-state index contributed by atoms with van der Waals surface area (Å²) < 4.78 is 5.35. The van der Waals surface area contributed by atoms with Gasteiger partial charge in [-0.2, -0.15) is 0 Å². The number of nitrogens with one attached hydrogen (secondary N) is 2. The minimum absolute atomic E-state index is 0.0492. The fourth-order valence-corrected chi connectivity index (χ4v) is 2.40. The van der Waals surface area contributed by atoms with Crippen LogP contribution in [0.15, 0.2) is 24.3 Å². The van der Waals surface area contributed by atoms with E-state index in [1.54, 1.807) is 7.11 Å². The van der Waals surface area contributed by atoms with E-state index >= 15 is 0 Å². The highest BCUT2D eigenvalue weighted by Crippen LogP contribution is 2.51. The zero-order chi connectivity index (χ0) is 14.4. The van der Waals surface area contributed by atoms with Gasteiger partial charge in [0, 0.05) is 18.7 Å². The number of hydrogen-bond acceptors (Lipinski definition) is 3. The highest BCUT2D eigenvalue weighted by atomic mass is 16.5. The predicted molar refractivity (Wildman–Crippen MR) is 75.6 cm³/mol. The van der Waals surface area contributed by atoms with Gasteiger partial charge in [-0.15, -0.1) is 0 Å². The van der Waals surface area contributed by atoms with Gasteiger partial charge in [0.05, 0.1) is 12.5 Å². The maximum atomic E-state index is 12.4. The summed E-state index contributed by atoms with van der Waals surface area (Å²) in [5.74, 6) is 0.816. The molecule has 20 heavy (non-hydrogen) atoms. The lowest BCUT2D eigenvalue weighted by Gasteiger charge is -2.18. The SMILES string of the molecule is COc1ccccc1C1(C(=O)NCCCNC=O)CC1. The van der Waals surface area contributed by atoms with Gasteiger partial charge >= 0.3 is 0 Å². The van der Waals surface area contributed by atoms with Gasteiger partial charge in [0.25, 0.3) is 0 Å². The molecule has 0 spiro atoms. The molecule has 2 rings (SSSR count). The van der Waals surface area contributed by atoms with Crippen LogP contribution in [0.25, 0.3) is 0 Å². The second-order valence-electron chi connectivity index (χ2n) is 4.96. The molecule has 0 saturated heterocycles. The average Bonchev–Trinajstić information content (AvgIpc) is 3.28. The maximum absolute atomic E-state index is 12.4. The van der Waals surface area contributed by atoms with Crippen LogP contribution in [0, 0.1) is 0 Å². The summed E-state index contributed by atoms with van der Waals surface area (Å²) >= 11 is 0. The van der Waals surface area contributed by atoms with Crippen molar-refractivity contribution >= 4 is 12.3 Å². The molecule has 1 aromatic carbocycles. The zero-order valence-electron chi connectivity index (χ0n) is 11.6. The van der Waals surface area contributed by atoms with Crippen LogP contribution < -0.4 is 15.4 Å². The van der Waals surface area contributed by atoms with E-state index in [2.05, 4.69) is 10.6 Å². The molecule has 1 fully saturated rings. The third kappa shape index (κ3) is 2.92. The van der Waals surface area contributed by atoms with Crippen LogP contribution in [0.1, 0.15) is 24.8 Å². The van der Waals surface area contributed by atoms with Gasteiger partial charge in [-0.05, 0) is 25.3 Å². The molecule has 1 aliphatic rings. The molecule has 0 aliphatic heterocycles. The second-order valence-corrected chi connectivity index (χ2v) is 4.96.